The molecule has 0 fully saturated rings. The third kappa shape index (κ3) is 8.31. The van der Waals surface area contributed by atoms with Gasteiger partial charge in [0, 0.05) is 19.9 Å². The molecule has 5 N–H and O–H groups in total. The topological polar surface area (TPSA) is 111 Å². The molecular formula is C18H28N4O2. The van der Waals surface area contributed by atoms with Gasteiger partial charge in [0.2, 0.25) is 5.91 Å². The van der Waals surface area contributed by atoms with Gasteiger partial charge in [-0.25, -0.2) is 0 Å². The van der Waals surface area contributed by atoms with Crippen LogP contribution in [-0.4, -0.2) is 30.2 Å². The third-order valence-electron chi connectivity index (χ3n) is 3.69. The number of nitrogens with zero attached hydrogens (tertiary/aromatic N) is 1. The molecule has 0 aromatic heterocycles. The maximum atomic E-state index is 12.5. The first-order valence-electron chi connectivity index (χ1n) is 8.27. The number of Topliss-reactive ketones (excluding diaryl/α,β-unsaturated/α-hetero) is 1. The second kappa shape index (κ2) is 10.4. The summed E-state index contributed by atoms with van der Waals surface area (Å²) in [4.78, 5) is 27.8. The van der Waals surface area contributed by atoms with E-state index < -0.39 is 6.04 Å². The van der Waals surface area contributed by atoms with Crippen LogP contribution < -0.4 is 16.8 Å². The zero-order valence-electron chi connectivity index (χ0n) is 14.5. The Kier molecular flexibility index (Phi) is 8.54. The van der Waals surface area contributed by atoms with E-state index in [4.69, 9.17) is 11.5 Å². The molecule has 0 radical (unpaired) electrons. The highest BCUT2D eigenvalue weighted by atomic mass is 16.2. The number of benzene rings is 1. The molecule has 1 amide bonds. The van der Waals surface area contributed by atoms with Crippen LogP contribution in [0.1, 0.15) is 38.7 Å². The van der Waals surface area contributed by atoms with Crippen LogP contribution in [0.4, 0.5) is 0 Å². The van der Waals surface area contributed by atoms with Crippen molar-refractivity contribution in [2.45, 2.75) is 45.6 Å². The van der Waals surface area contributed by atoms with Gasteiger partial charge in [0.1, 0.15) is 0 Å². The Morgan fingerprint density at radius 3 is 2.46 bits per heavy atom. The molecule has 6 nitrogen and oxygen atoms in total. The number of nitrogens with one attached hydrogen (secondary N) is 1. The number of nitrogens with two attached hydrogens (primary N) is 2. The molecule has 1 unspecified atom stereocenters. The molecule has 1 aromatic carbocycles. The van der Waals surface area contributed by atoms with E-state index in [0.717, 1.165) is 6.42 Å². The molecule has 132 valence electrons. The largest absolute Gasteiger partial charge is 0.370 e. The van der Waals surface area contributed by atoms with Crippen molar-refractivity contribution in [1.29, 1.82) is 0 Å². The zero-order valence-corrected chi connectivity index (χ0v) is 14.5. The standard InChI is InChI=1S/C18H28N4O2/c1-13(11-15-7-4-3-5-8-15)12-17(24)16(22-14(2)23)9-6-10-21-18(19)20/h3-5,7-8,13,16H,6,9-12H2,1-2H3,(H,22,23)(H4,19,20,21)/t13-,16?/m1/s1. The van der Waals surface area contributed by atoms with Gasteiger partial charge < -0.3 is 16.8 Å². The van der Waals surface area contributed by atoms with Gasteiger partial charge in [-0.15, -0.1) is 0 Å². The van der Waals surface area contributed by atoms with E-state index in [1.54, 1.807) is 0 Å². The number of hydrogen-bond donors (Lipinski definition) is 3. The van der Waals surface area contributed by atoms with Gasteiger partial charge in [0.15, 0.2) is 11.7 Å². The van der Waals surface area contributed by atoms with Gasteiger partial charge in [0.25, 0.3) is 0 Å². The average Bonchev–Trinajstić information content (AvgIpc) is 2.50. The van der Waals surface area contributed by atoms with E-state index >= 15 is 0 Å². The first kappa shape index (κ1) is 19.7. The molecule has 2 atom stereocenters. The summed E-state index contributed by atoms with van der Waals surface area (Å²) >= 11 is 0. The fraction of sp³-hybridized carbons (Fsp3) is 0.500. The lowest BCUT2D eigenvalue weighted by molar-refractivity contribution is -0.127. The Hall–Kier alpha value is -2.37. The summed E-state index contributed by atoms with van der Waals surface area (Å²) in [5.41, 5.74) is 11.8. The second-order valence-electron chi connectivity index (χ2n) is 6.17. The van der Waals surface area contributed by atoms with E-state index in [1.807, 2.05) is 18.2 Å². The minimum Gasteiger partial charge on any atom is -0.370 e. The van der Waals surface area contributed by atoms with Crippen LogP contribution in [0.3, 0.4) is 0 Å². The third-order valence-corrected chi connectivity index (χ3v) is 3.69. The summed E-state index contributed by atoms with van der Waals surface area (Å²) in [5, 5.41) is 2.74. The summed E-state index contributed by atoms with van der Waals surface area (Å²) in [6, 6.07) is 9.60. The summed E-state index contributed by atoms with van der Waals surface area (Å²) in [6.45, 7) is 3.92. The van der Waals surface area contributed by atoms with Crippen LogP contribution >= 0.6 is 0 Å². The van der Waals surface area contributed by atoms with E-state index in [1.165, 1.54) is 12.5 Å². The van der Waals surface area contributed by atoms with Crippen LogP contribution in [-0.2, 0) is 16.0 Å². The van der Waals surface area contributed by atoms with Crippen LogP contribution in [0.5, 0.6) is 0 Å². The summed E-state index contributed by atoms with van der Waals surface area (Å²) in [5.74, 6) is 0.104. The first-order valence-corrected chi connectivity index (χ1v) is 8.27. The molecule has 6 heteroatoms. The minimum absolute atomic E-state index is 0.0360. The number of guanidine groups is 1. The predicted molar refractivity (Wildman–Crippen MR) is 96.4 cm³/mol. The van der Waals surface area contributed by atoms with E-state index in [-0.39, 0.29) is 23.6 Å². The fourth-order valence-corrected chi connectivity index (χ4v) is 2.64. The molecule has 0 saturated carbocycles. The molecule has 0 bridgehead atoms. The van der Waals surface area contributed by atoms with E-state index in [0.29, 0.717) is 25.8 Å². The maximum Gasteiger partial charge on any atom is 0.217 e. The molecule has 0 aliphatic carbocycles. The summed E-state index contributed by atoms with van der Waals surface area (Å²) in [7, 11) is 0. The Balaban J connectivity index is 2.53. The van der Waals surface area contributed by atoms with Gasteiger partial charge >= 0.3 is 0 Å². The van der Waals surface area contributed by atoms with Gasteiger partial charge in [-0.3, -0.25) is 14.6 Å². The number of rotatable bonds is 10. The van der Waals surface area contributed by atoms with Gasteiger partial charge in [-0.2, -0.15) is 0 Å². The second-order valence-corrected chi connectivity index (χ2v) is 6.17. The molecule has 0 aliphatic rings. The molecule has 24 heavy (non-hydrogen) atoms. The number of carbonyl (C=O) groups excluding carboxylic acids is 2. The fourth-order valence-electron chi connectivity index (χ4n) is 2.64. The molecule has 1 aromatic rings. The number of carbonyl (C=O) groups is 2. The van der Waals surface area contributed by atoms with Crippen molar-refractivity contribution in [3.8, 4) is 0 Å². The Labute approximate surface area is 143 Å². The lowest BCUT2D eigenvalue weighted by atomic mass is 9.92. The highest BCUT2D eigenvalue weighted by molar-refractivity contribution is 5.88. The monoisotopic (exact) mass is 332 g/mol. The van der Waals surface area contributed by atoms with Crippen molar-refractivity contribution in [1.82, 2.24) is 5.32 Å². The lowest BCUT2D eigenvalue weighted by Gasteiger charge is -2.19. The Bertz CT molecular complexity index is 553. The van der Waals surface area contributed by atoms with Crippen molar-refractivity contribution in [2.75, 3.05) is 6.54 Å². The molecular weight excluding hydrogens is 304 g/mol. The summed E-state index contributed by atoms with van der Waals surface area (Å²) < 4.78 is 0. The van der Waals surface area contributed by atoms with Gasteiger partial charge in [-0.05, 0) is 30.7 Å². The number of aliphatic imine (C=N–C) groups is 1. The normalized spacial score (nSPS) is 12.9. The van der Waals surface area contributed by atoms with Gasteiger partial charge in [-0.1, -0.05) is 37.3 Å². The number of ketones is 1. The molecule has 0 spiro atoms. The lowest BCUT2D eigenvalue weighted by Crippen LogP contribution is -2.40. The molecule has 0 heterocycles. The summed E-state index contributed by atoms with van der Waals surface area (Å²) in [6.07, 6.45) is 2.45. The maximum absolute atomic E-state index is 12.5. The van der Waals surface area contributed by atoms with Crippen molar-refractivity contribution < 1.29 is 9.59 Å². The quantitative estimate of drug-likeness (QED) is 0.341. The SMILES string of the molecule is CC(=O)NC(CCCN=C(N)N)C(=O)C[C@H](C)Cc1ccccc1. The van der Waals surface area contributed by atoms with Crippen LogP contribution in [0.25, 0.3) is 0 Å². The smallest absolute Gasteiger partial charge is 0.217 e. The Morgan fingerprint density at radius 1 is 1.21 bits per heavy atom. The predicted octanol–water partition coefficient (Wildman–Crippen LogP) is 1.38. The van der Waals surface area contributed by atoms with Crippen LogP contribution in [0, 0.1) is 5.92 Å². The molecule has 1 rings (SSSR count). The van der Waals surface area contributed by atoms with Gasteiger partial charge in [0.05, 0.1) is 6.04 Å². The first-order chi connectivity index (χ1) is 11.4. The minimum atomic E-state index is -0.477. The van der Waals surface area contributed by atoms with Crippen LogP contribution in [0.2, 0.25) is 0 Å². The van der Waals surface area contributed by atoms with Crippen LogP contribution in [0.15, 0.2) is 35.3 Å². The highest BCUT2D eigenvalue weighted by Gasteiger charge is 2.21. The highest BCUT2D eigenvalue weighted by Crippen LogP contribution is 2.14. The van der Waals surface area contributed by atoms with Crippen molar-refractivity contribution in [3.05, 3.63) is 35.9 Å². The zero-order chi connectivity index (χ0) is 17.9. The molecule has 0 saturated heterocycles. The van der Waals surface area contributed by atoms with E-state index in [9.17, 15) is 9.59 Å². The average molecular weight is 332 g/mol. The number of amides is 1. The van der Waals surface area contributed by atoms with Crippen molar-refractivity contribution in [2.24, 2.45) is 22.4 Å². The Morgan fingerprint density at radius 2 is 1.88 bits per heavy atom. The van der Waals surface area contributed by atoms with Crippen molar-refractivity contribution in [3.63, 3.8) is 0 Å². The van der Waals surface area contributed by atoms with Crippen molar-refractivity contribution >= 4 is 17.6 Å². The molecule has 0 aliphatic heterocycles. The van der Waals surface area contributed by atoms with E-state index in [2.05, 4.69) is 29.4 Å². The number of hydrogen-bond acceptors (Lipinski definition) is 3.